The number of nitrogens with zero attached hydrogens (tertiary/aromatic N) is 2. The molecule has 1 N–H and O–H groups in total. The molecule has 30 heavy (non-hydrogen) atoms. The van der Waals surface area contributed by atoms with Crippen molar-refractivity contribution in [3.63, 3.8) is 0 Å². The smallest absolute Gasteiger partial charge is 0.255 e. The number of ether oxygens (including phenoxy) is 2. The summed E-state index contributed by atoms with van der Waals surface area (Å²) < 4.78 is 11.2. The summed E-state index contributed by atoms with van der Waals surface area (Å²) in [4.78, 5) is 42.6. The fourth-order valence-corrected chi connectivity index (χ4v) is 3.82. The van der Waals surface area contributed by atoms with Crippen LogP contribution in [0.25, 0.3) is 0 Å². The number of carbonyl (C=O) groups is 2. The van der Waals surface area contributed by atoms with Crippen molar-refractivity contribution in [1.82, 2.24) is 14.8 Å². The summed E-state index contributed by atoms with van der Waals surface area (Å²) in [7, 11) is 0. The monoisotopic (exact) mass is 411 g/mol. The molecular formula is C22H25N3O5. The molecule has 2 fully saturated rings. The highest BCUT2D eigenvalue weighted by molar-refractivity contribution is 5.94. The van der Waals surface area contributed by atoms with Gasteiger partial charge in [-0.1, -0.05) is 0 Å². The molecule has 4 rings (SSSR count). The second-order valence-corrected chi connectivity index (χ2v) is 7.48. The lowest BCUT2D eigenvalue weighted by Gasteiger charge is -2.27. The van der Waals surface area contributed by atoms with Crippen LogP contribution in [-0.2, 0) is 4.74 Å². The van der Waals surface area contributed by atoms with Crippen LogP contribution in [0.15, 0.2) is 47.4 Å². The molecule has 2 amide bonds. The summed E-state index contributed by atoms with van der Waals surface area (Å²) in [6, 6.07) is 9.98. The highest BCUT2D eigenvalue weighted by Gasteiger charge is 2.30. The second kappa shape index (κ2) is 9.13. The topological polar surface area (TPSA) is 91.9 Å². The minimum Gasteiger partial charge on any atom is -0.491 e. The van der Waals surface area contributed by atoms with E-state index < -0.39 is 0 Å². The van der Waals surface area contributed by atoms with Crippen molar-refractivity contribution in [1.29, 1.82) is 0 Å². The Balaban J connectivity index is 1.34. The molecule has 2 aliphatic heterocycles. The van der Waals surface area contributed by atoms with Gasteiger partial charge in [0.25, 0.3) is 11.8 Å². The number of nitrogens with one attached hydrogen (secondary N) is 1. The fraction of sp³-hybridized carbons (Fsp3) is 0.409. The summed E-state index contributed by atoms with van der Waals surface area (Å²) in [5.41, 5.74) is 0.857. The number of carbonyl (C=O) groups excluding carboxylic acids is 2. The van der Waals surface area contributed by atoms with Gasteiger partial charge in [0.2, 0.25) is 5.56 Å². The zero-order valence-corrected chi connectivity index (χ0v) is 16.7. The van der Waals surface area contributed by atoms with E-state index in [4.69, 9.17) is 9.47 Å². The van der Waals surface area contributed by atoms with E-state index in [1.807, 2.05) is 0 Å². The number of rotatable bonds is 5. The summed E-state index contributed by atoms with van der Waals surface area (Å²) >= 11 is 0. The van der Waals surface area contributed by atoms with E-state index in [0.29, 0.717) is 56.3 Å². The Morgan fingerprint density at radius 2 is 1.73 bits per heavy atom. The van der Waals surface area contributed by atoms with Crippen molar-refractivity contribution < 1.29 is 19.1 Å². The van der Waals surface area contributed by atoms with Gasteiger partial charge in [-0.15, -0.1) is 0 Å². The molecular weight excluding hydrogens is 386 g/mol. The lowest BCUT2D eigenvalue weighted by atomic mass is 10.2. The van der Waals surface area contributed by atoms with E-state index in [1.54, 1.807) is 40.1 Å². The molecule has 0 bridgehead atoms. The second-order valence-electron chi connectivity index (χ2n) is 7.48. The number of hydrogen-bond donors (Lipinski definition) is 1. The first-order valence-corrected chi connectivity index (χ1v) is 10.2. The number of likely N-dealkylation sites (tertiary alicyclic amines) is 1. The molecule has 2 aromatic rings. The van der Waals surface area contributed by atoms with Gasteiger partial charge >= 0.3 is 0 Å². The Hall–Kier alpha value is -3.13. The highest BCUT2D eigenvalue weighted by Crippen LogP contribution is 2.22. The molecule has 2 saturated heterocycles. The van der Waals surface area contributed by atoms with E-state index in [9.17, 15) is 14.4 Å². The molecule has 0 spiro atoms. The van der Waals surface area contributed by atoms with Crippen LogP contribution in [0.2, 0.25) is 0 Å². The van der Waals surface area contributed by atoms with E-state index >= 15 is 0 Å². The van der Waals surface area contributed by atoms with Crippen LogP contribution in [-0.4, -0.2) is 72.1 Å². The molecule has 1 aromatic heterocycles. The number of aromatic amines is 1. The molecule has 0 aliphatic carbocycles. The first kappa shape index (κ1) is 20.2. The average molecular weight is 411 g/mol. The minimum absolute atomic E-state index is 0.00156. The maximum Gasteiger partial charge on any atom is 0.255 e. The SMILES string of the molecule is O=C(c1ccc(OCC2CCCN2C(=O)c2ccc(=O)[nH]c2)cc1)N1CCOCC1. The van der Waals surface area contributed by atoms with Crippen LogP contribution in [0.5, 0.6) is 5.75 Å². The maximum absolute atomic E-state index is 12.7. The van der Waals surface area contributed by atoms with Gasteiger partial charge in [0.1, 0.15) is 12.4 Å². The van der Waals surface area contributed by atoms with Crippen molar-refractivity contribution in [3.8, 4) is 5.75 Å². The maximum atomic E-state index is 12.7. The predicted octanol–water partition coefficient (Wildman–Crippen LogP) is 1.53. The van der Waals surface area contributed by atoms with Gasteiger partial charge < -0.3 is 24.3 Å². The van der Waals surface area contributed by atoms with E-state index in [-0.39, 0.29) is 23.4 Å². The lowest BCUT2D eigenvalue weighted by molar-refractivity contribution is 0.0303. The van der Waals surface area contributed by atoms with Crippen molar-refractivity contribution in [2.45, 2.75) is 18.9 Å². The Morgan fingerprint density at radius 3 is 2.43 bits per heavy atom. The number of aromatic nitrogens is 1. The Bertz CT molecular complexity index is 929. The molecule has 3 heterocycles. The van der Waals surface area contributed by atoms with Gasteiger partial charge in [-0.2, -0.15) is 0 Å². The van der Waals surface area contributed by atoms with Gasteiger partial charge in [0, 0.05) is 37.5 Å². The van der Waals surface area contributed by atoms with Crippen LogP contribution < -0.4 is 10.3 Å². The minimum atomic E-state index is -0.233. The zero-order chi connectivity index (χ0) is 20.9. The summed E-state index contributed by atoms with van der Waals surface area (Å²) in [6.45, 7) is 3.41. The van der Waals surface area contributed by atoms with Crippen LogP contribution in [0.3, 0.4) is 0 Å². The van der Waals surface area contributed by atoms with Crippen LogP contribution in [0.4, 0.5) is 0 Å². The Labute approximate surface area is 174 Å². The first-order chi connectivity index (χ1) is 14.6. The molecule has 2 aliphatic rings. The van der Waals surface area contributed by atoms with Gasteiger partial charge in [-0.05, 0) is 43.2 Å². The summed E-state index contributed by atoms with van der Waals surface area (Å²) in [5.74, 6) is 0.555. The molecule has 1 aromatic carbocycles. The zero-order valence-electron chi connectivity index (χ0n) is 16.7. The first-order valence-electron chi connectivity index (χ1n) is 10.2. The lowest BCUT2D eigenvalue weighted by Crippen LogP contribution is -2.40. The Morgan fingerprint density at radius 1 is 1.00 bits per heavy atom. The van der Waals surface area contributed by atoms with Gasteiger partial charge in [-0.3, -0.25) is 14.4 Å². The van der Waals surface area contributed by atoms with Crippen LogP contribution in [0, 0.1) is 0 Å². The third-order valence-corrected chi connectivity index (χ3v) is 5.51. The third-order valence-electron chi connectivity index (χ3n) is 5.51. The number of hydrogen-bond acceptors (Lipinski definition) is 5. The van der Waals surface area contributed by atoms with E-state index in [2.05, 4.69) is 4.98 Å². The normalized spacial score (nSPS) is 19.0. The number of H-pyrrole nitrogens is 1. The highest BCUT2D eigenvalue weighted by atomic mass is 16.5. The molecule has 0 saturated carbocycles. The molecule has 1 atom stereocenters. The van der Waals surface area contributed by atoms with E-state index in [0.717, 1.165) is 12.8 Å². The van der Waals surface area contributed by atoms with Crippen molar-refractivity contribution in [2.24, 2.45) is 0 Å². The molecule has 1 unspecified atom stereocenters. The van der Waals surface area contributed by atoms with Gasteiger partial charge in [0.05, 0.1) is 24.8 Å². The standard InChI is InChI=1S/C22H25N3O5/c26-20-8-5-17(14-23-20)22(28)25-9-1-2-18(25)15-30-19-6-3-16(4-7-19)21(27)24-10-12-29-13-11-24/h3-8,14,18H,1-2,9-13,15H2,(H,23,26). The fourth-order valence-electron chi connectivity index (χ4n) is 3.82. The Kier molecular flexibility index (Phi) is 6.13. The molecule has 158 valence electrons. The van der Waals surface area contributed by atoms with Crippen LogP contribution >= 0.6 is 0 Å². The van der Waals surface area contributed by atoms with Crippen molar-refractivity contribution in [2.75, 3.05) is 39.5 Å². The number of amides is 2. The van der Waals surface area contributed by atoms with Gasteiger partial charge in [-0.25, -0.2) is 0 Å². The van der Waals surface area contributed by atoms with Gasteiger partial charge in [0.15, 0.2) is 0 Å². The molecule has 0 radical (unpaired) electrons. The molecule has 8 heteroatoms. The number of benzene rings is 1. The predicted molar refractivity (Wildman–Crippen MR) is 110 cm³/mol. The quantitative estimate of drug-likeness (QED) is 0.806. The molecule has 8 nitrogen and oxygen atoms in total. The number of morpholine rings is 1. The summed E-state index contributed by atoms with van der Waals surface area (Å²) in [5, 5.41) is 0. The van der Waals surface area contributed by atoms with E-state index in [1.165, 1.54) is 12.3 Å². The largest absolute Gasteiger partial charge is 0.491 e. The van der Waals surface area contributed by atoms with Crippen molar-refractivity contribution in [3.05, 3.63) is 64.1 Å². The third kappa shape index (κ3) is 4.54. The summed E-state index contributed by atoms with van der Waals surface area (Å²) in [6.07, 6.45) is 3.23. The van der Waals surface area contributed by atoms with Crippen molar-refractivity contribution >= 4 is 11.8 Å². The number of pyridine rings is 1. The van der Waals surface area contributed by atoms with Crippen LogP contribution in [0.1, 0.15) is 33.6 Å². The average Bonchev–Trinajstić information content (AvgIpc) is 3.27.